The van der Waals surface area contributed by atoms with E-state index in [-0.39, 0.29) is 18.0 Å². The van der Waals surface area contributed by atoms with Crippen molar-refractivity contribution >= 4 is 22.6 Å². The molecular weight excluding hydrogens is 446 g/mol. The van der Waals surface area contributed by atoms with E-state index in [1.165, 1.54) is 18.9 Å². The molecule has 1 aromatic heterocycles. The minimum atomic E-state index is -0.483. The number of para-hydroxylation sites is 1. The summed E-state index contributed by atoms with van der Waals surface area (Å²) in [6.07, 6.45) is 6.59. The first-order valence-corrected chi connectivity index (χ1v) is 12.5. The van der Waals surface area contributed by atoms with Gasteiger partial charge in [-0.25, -0.2) is 4.79 Å². The summed E-state index contributed by atoms with van der Waals surface area (Å²) in [5.74, 6) is 0.763. The van der Waals surface area contributed by atoms with Gasteiger partial charge in [0.15, 0.2) is 5.72 Å². The molecule has 0 bridgehead atoms. The fourth-order valence-electron chi connectivity index (χ4n) is 6.49. The molecule has 3 aromatic rings. The van der Waals surface area contributed by atoms with Crippen LogP contribution in [0.25, 0.3) is 10.9 Å². The molecule has 182 valence electrons. The molecule has 1 N–H and O–H groups in total. The summed E-state index contributed by atoms with van der Waals surface area (Å²) in [5.41, 5.74) is 3.25. The molecule has 3 aliphatic rings. The maximum Gasteiger partial charge on any atom is 0.340 e. The molecule has 3 aliphatic heterocycles. The van der Waals surface area contributed by atoms with Crippen LogP contribution in [0.5, 0.6) is 5.75 Å². The van der Waals surface area contributed by atoms with Gasteiger partial charge in [0.1, 0.15) is 12.4 Å². The van der Waals surface area contributed by atoms with Gasteiger partial charge in [-0.3, -0.25) is 15.0 Å². The van der Waals surface area contributed by atoms with Crippen LogP contribution < -0.4 is 4.74 Å². The van der Waals surface area contributed by atoms with Gasteiger partial charge in [0.05, 0.1) is 16.1 Å². The number of esters is 1. The van der Waals surface area contributed by atoms with Crippen LogP contribution >= 0.6 is 0 Å². The second kappa shape index (κ2) is 8.37. The molecule has 2 fully saturated rings. The van der Waals surface area contributed by atoms with Gasteiger partial charge in [0, 0.05) is 53.7 Å². The fourth-order valence-corrected chi connectivity index (χ4v) is 6.49. The SMILES string of the molecule is Cc1[nH]c2ccc3c(c2c1C(=O)OCc1ccccc1[N+](=O)[O-])CC1CCCN2CCCCC12O3. The number of aromatic amines is 1. The van der Waals surface area contributed by atoms with Gasteiger partial charge in [-0.1, -0.05) is 12.1 Å². The number of nitrogens with zero attached hydrogens (tertiary/aromatic N) is 2. The summed E-state index contributed by atoms with van der Waals surface area (Å²) in [6, 6.07) is 10.3. The highest BCUT2D eigenvalue weighted by atomic mass is 16.6. The largest absolute Gasteiger partial charge is 0.472 e. The van der Waals surface area contributed by atoms with Gasteiger partial charge in [0.25, 0.3) is 5.69 Å². The van der Waals surface area contributed by atoms with Gasteiger partial charge >= 0.3 is 5.97 Å². The van der Waals surface area contributed by atoms with E-state index in [9.17, 15) is 14.9 Å². The Hall–Kier alpha value is -3.39. The van der Waals surface area contributed by atoms with Crippen LogP contribution in [0.3, 0.4) is 0 Å². The van der Waals surface area contributed by atoms with E-state index in [1.54, 1.807) is 18.2 Å². The Labute approximate surface area is 203 Å². The number of carbonyl (C=O) groups excluding carboxylic acids is 1. The molecule has 0 radical (unpaired) electrons. The van der Waals surface area contributed by atoms with Crippen molar-refractivity contribution in [2.24, 2.45) is 5.92 Å². The van der Waals surface area contributed by atoms with Crippen molar-refractivity contribution in [2.75, 3.05) is 13.1 Å². The lowest BCUT2D eigenvalue weighted by molar-refractivity contribution is -0.385. The van der Waals surface area contributed by atoms with Gasteiger partial charge in [-0.2, -0.15) is 0 Å². The van der Waals surface area contributed by atoms with E-state index in [0.717, 1.165) is 66.7 Å². The van der Waals surface area contributed by atoms with Crippen molar-refractivity contribution in [2.45, 2.75) is 57.8 Å². The molecule has 0 amide bonds. The van der Waals surface area contributed by atoms with Gasteiger partial charge < -0.3 is 14.5 Å². The van der Waals surface area contributed by atoms with Crippen LogP contribution in [0.2, 0.25) is 0 Å². The zero-order chi connectivity index (χ0) is 24.2. The number of nitrogens with one attached hydrogen (secondary N) is 1. The second-order valence-electron chi connectivity index (χ2n) is 9.99. The van der Waals surface area contributed by atoms with Gasteiger partial charge in [0.2, 0.25) is 0 Å². The summed E-state index contributed by atoms with van der Waals surface area (Å²) in [6.45, 7) is 3.87. The van der Waals surface area contributed by atoms with Crippen molar-refractivity contribution in [3.63, 3.8) is 0 Å². The summed E-state index contributed by atoms with van der Waals surface area (Å²) >= 11 is 0. The average molecular weight is 476 g/mol. The average Bonchev–Trinajstić information content (AvgIpc) is 3.21. The third kappa shape index (κ3) is 3.50. The highest BCUT2D eigenvalue weighted by molar-refractivity contribution is 6.07. The Morgan fingerprint density at radius 2 is 2.06 bits per heavy atom. The number of rotatable bonds is 4. The van der Waals surface area contributed by atoms with E-state index in [0.29, 0.717) is 17.0 Å². The van der Waals surface area contributed by atoms with Crippen molar-refractivity contribution in [3.05, 3.63) is 68.9 Å². The number of aromatic nitrogens is 1. The van der Waals surface area contributed by atoms with Crippen LogP contribution in [0.1, 0.15) is 59.3 Å². The molecule has 0 saturated carbocycles. The summed E-state index contributed by atoms with van der Waals surface area (Å²) in [5, 5.41) is 12.2. The maximum absolute atomic E-state index is 13.3. The highest BCUT2D eigenvalue weighted by Crippen LogP contribution is 2.50. The number of H-pyrrole nitrogens is 1. The Balaban J connectivity index is 1.36. The van der Waals surface area contributed by atoms with Crippen molar-refractivity contribution in [3.8, 4) is 5.75 Å². The van der Waals surface area contributed by atoms with E-state index in [1.807, 2.05) is 19.1 Å². The molecule has 2 atom stereocenters. The highest BCUT2D eigenvalue weighted by Gasteiger charge is 2.52. The van der Waals surface area contributed by atoms with Crippen LogP contribution in [-0.4, -0.2) is 39.6 Å². The van der Waals surface area contributed by atoms with Crippen LogP contribution in [-0.2, 0) is 17.8 Å². The first-order valence-electron chi connectivity index (χ1n) is 12.5. The maximum atomic E-state index is 13.3. The normalized spacial score (nSPS) is 23.6. The van der Waals surface area contributed by atoms with E-state index >= 15 is 0 Å². The summed E-state index contributed by atoms with van der Waals surface area (Å²) < 4.78 is 12.5. The summed E-state index contributed by atoms with van der Waals surface area (Å²) in [7, 11) is 0. The molecule has 8 heteroatoms. The zero-order valence-electron chi connectivity index (χ0n) is 19.8. The number of benzene rings is 2. The number of hydrogen-bond donors (Lipinski definition) is 1. The molecule has 0 aliphatic carbocycles. The molecule has 2 unspecified atom stereocenters. The van der Waals surface area contributed by atoms with Gasteiger partial charge in [-0.05, 0) is 57.2 Å². The van der Waals surface area contributed by atoms with Crippen molar-refractivity contribution in [1.82, 2.24) is 9.88 Å². The molecule has 35 heavy (non-hydrogen) atoms. The number of carbonyl (C=O) groups is 1. The Kier molecular flexibility index (Phi) is 5.29. The predicted molar refractivity (Wildman–Crippen MR) is 130 cm³/mol. The lowest BCUT2D eigenvalue weighted by Crippen LogP contribution is -2.64. The van der Waals surface area contributed by atoms with Crippen molar-refractivity contribution in [1.29, 1.82) is 0 Å². The third-order valence-corrected chi connectivity index (χ3v) is 8.07. The number of aryl methyl sites for hydroxylation is 1. The number of ether oxygens (including phenoxy) is 2. The molecule has 4 heterocycles. The molecule has 8 nitrogen and oxygen atoms in total. The first-order chi connectivity index (χ1) is 17.0. The predicted octanol–water partition coefficient (Wildman–Crippen LogP) is 5.27. The van der Waals surface area contributed by atoms with E-state index < -0.39 is 10.9 Å². The van der Waals surface area contributed by atoms with Crippen LogP contribution in [0.15, 0.2) is 36.4 Å². The molecule has 6 rings (SSSR count). The topological polar surface area (TPSA) is 97.7 Å². The third-order valence-electron chi connectivity index (χ3n) is 8.07. The minimum absolute atomic E-state index is 0.0543. The molecular formula is C27H29N3O5. The number of nitro groups is 1. The second-order valence-corrected chi connectivity index (χ2v) is 9.99. The Morgan fingerprint density at radius 1 is 1.23 bits per heavy atom. The number of nitro benzene ring substituents is 1. The minimum Gasteiger partial charge on any atom is -0.472 e. The Bertz CT molecular complexity index is 1330. The number of hydrogen-bond acceptors (Lipinski definition) is 6. The van der Waals surface area contributed by atoms with Crippen molar-refractivity contribution < 1.29 is 19.2 Å². The standard InChI is InChI=1S/C27H29N3O5/c1-17-24(26(31)34-16-18-7-2-3-9-22(18)30(32)33)25-20-15-19-8-6-14-29-13-5-4-12-27(19,29)35-23(20)11-10-21(25)28-17/h2-3,7,9-11,19,28H,4-6,8,12-16H2,1H3. The molecule has 1 spiro atoms. The first kappa shape index (κ1) is 22.1. The molecule has 2 aromatic carbocycles. The Morgan fingerprint density at radius 3 is 2.91 bits per heavy atom. The van der Waals surface area contributed by atoms with Gasteiger partial charge in [-0.15, -0.1) is 0 Å². The number of fused-ring (bicyclic) bond motifs is 3. The van der Waals surface area contributed by atoms with Crippen LogP contribution in [0, 0.1) is 23.0 Å². The van der Waals surface area contributed by atoms with E-state index in [2.05, 4.69) is 9.88 Å². The lowest BCUT2D eigenvalue weighted by atomic mass is 9.74. The monoisotopic (exact) mass is 475 g/mol. The smallest absolute Gasteiger partial charge is 0.340 e. The summed E-state index contributed by atoms with van der Waals surface area (Å²) in [4.78, 5) is 30.1. The zero-order valence-corrected chi connectivity index (χ0v) is 19.8. The number of piperidine rings is 2. The fraction of sp³-hybridized carbons (Fsp3) is 0.444. The molecule has 2 saturated heterocycles. The van der Waals surface area contributed by atoms with E-state index in [4.69, 9.17) is 9.47 Å². The van der Waals surface area contributed by atoms with Crippen LogP contribution in [0.4, 0.5) is 5.69 Å². The lowest BCUT2D eigenvalue weighted by Gasteiger charge is -2.56. The quantitative estimate of drug-likeness (QED) is 0.314.